The van der Waals surface area contributed by atoms with E-state index in [1.54, 1.807) is 6.20 Å². The Hall–Kier alpha value is -2.69. The largest absolute Gasteiger partial charge is 0.332 e. The molecule has 0 atom stereocenters. The maximum Gasteiger partial charge on any atom is 0.254 e. The van der Waals surface area contributed by atoms with Gasteiger partial charge in [0.2, 0.25) is 0 Å². The molecule has 1 amide bonds. The Labute approximate surface area is 128 Å². The molecule has 0 saturated carbocycles. The molecule has 0 N–H and O–H groups in total. The minimum Gasteiger partial charge on any atom is -0.332 e. The number of hydrogen-bond acceptors (Lipinski definition) is 3. The van der Waals surface area contributed by atoms with E-state index in [4.69, 9.17) is 0 Å². The van der Waals surface area contributed by atoms with Crippen LogP contribution in [0.15, 0.2) is 42.7 Å². The minimum atomic E-state index is 0.0575. The van der Waals surface area contributed by atoms with Gasteiger partial charge in [0.15, 0.2) is 0 Å². The molecule has 1 aliphatic rings. The molecule has 0 saturated heterocycles. The monoisotopic (exact) mass is 292 g/mol. The van der Waals surface area contributed by atoms with Gasteiger partial charge in [-0.05, 0) is 36.2 Å². The summed E-state index contributed by atoms with van der Waals surface area (Å²) in [6, 6.07) is 9.53. The van der Waals surface area contributed by atoms with Crippen molar-refractivity contribution in [3.63, 3.8) is 0 Å². The Morgan fingerprint density at radius 2 is 2.18 bits per heavy atom. The average Bonchev–Trinajstić information content (AvgIpc) is 2.92. The summed E-state index contributed by atoms with van der Waals surface area (Å²) in [5.41, 5.74) is 3.86. The van der Waals surface area contributed by atoms with Gasteiger partial charge in [-0.15, -0.1) is 0 Å². The number of carbonyl (C=O) groups is 1. The highest BCUT2D eigenvalue weighted by atomic mass is 16.2. The van der Waals surface area contributed by atoms with Crippen LogP contribution in [0.25, 0.3) is 10.9 Å². The van der Waals surface area contributed by atoms with Crippen molar-refractivity contribution >= 4 is 16.8 Å². The second-order valence-corrected chi connectivity index (χ2v) is 5.66. The Kier molecular flexibility index (Phi) is 2.92. The van der Waals surface area contributed by atoms with Crippen LogP contribution in [0.5, 0.6) is 0 Å². The lowest BCUT2D eigenvalue weighted by atomic mass is 10.1. The van der Waals surface area contributed by atoms with Crippen LogP contribution in [0.1, 0.15) is 21.6 Å². The van der Waals surface area contributed by atoms with E-state index in [9.17, 15) is 4.79 Å². The minimum absolute atomic E-state index is 0.0575. The Bertz CT molecular complexity index is 868. The molecule has 5 nitrogen and oxygen atoms in total. The molecule has 0 aliphatic carbocycles. The van der Waals surface area contributed by atoms with Gasteiger partial charge in [0, 0.05) is 36.9 Å². The number of benzene rings is 1. The number of aryl methyl sites for hydroxylation is 1. The van der Waals surface area contributed by atoms with Gasteiger partial charge in [0.05, 0.1) is 17.8 Å². The summed E-state index contributed by atoms with van der Waals surface area (Å²) in [4.78, 5) is 18.9. The summed E-state index contributed by atoms with van der Waals surface area (Å²) in [7, 11) is 1.92. The van der Waals surface area contributed by atoms with Gasteiger partial charge in [0.25, 0.3) is 5.91 Å². The number of amides is 1. The van der Waals surface area contributed by atoms with Gasteiger partial charge in [-0.1, -0.05) is 6.07 Å². The van der Waals surface area contributed by atoms with Crippen LogP contribution in [-0.2, 0) is 20.0 Å². The number of nitrogens with zero attached hydrogens (tertiary/aromatic N) is 4. The first-order valence-electron chi connectivity index (χ1n) is 7.36. The lowest BCUT2D eigenvalue weighted by Gasteiger charge is -2.26. The van der Waals surface area contributed by atoms with Gasteiger partial charge in [0.1, 0.15) is 0 Å². The van der Waals surface area contributed by atoms with E-state index in [0.29, 0.717) is 12.1 Å². The lowest BCUT2D eigenvalue weighted by Crippen LogP contribution is -2.35. The Balaban J connectivity index is 1.63. The van der Waals surface area contributed by atoms with Crippen molar-refractivity contribution in [1.82, 2.24) is 19.7 Å². The molecule has 5 heteroatoms. The molecule has 0 radical (unpaired) electrons. The van der Waals surface area contributed by atoms with Crippen molar-refractivity contribution in [2.75, 3.05) is 6.54 Å². The molecule has 3 heterocycles. The molecule has 1 aromatic carbocycles. The molecule has 22 heavy (non-hydrogen) atoms. The van der Waals surface area contributed by atoms with Crippen LogP contribution in [0.3, 0.4) is 0 Å². The maximum atomic E-state index is 12.7. The SMILES string of the molecule is Cn1cc2c(n1)CN(C(=O)c1ccc3ncccc3c1)CC2. The van der Waals surface area contributed by atoms with Gasteiger partial charge >= 0.3 is 0 Å². The van der Waals surface area contributed by atoms with E-state index < -0.39 is 0 Å². The molecule has 4 rings (SSSR count). The highest BCUT2D eigenvalue weighted by molar-refractivity contribution is 5.98. The number of rotatable bonds is 1. The van der Waals surface area contributed by atoms with Crippen molar-refractivity contribution in [2.45, 2.75) is 13.0 Å². The molecule has 2 aromatic heterocycles. The summed E-state index contributed by atoms with van der Waals surface area (Å²) >= 11 is 0. The van der Waals surface area contributed by atoms with Crippen molar-refractivity contribution in [2.24, 2.45) is 7.05 Å². The molecular formula is C17H16N4O. The summed E-state index contributed by atoms with van der Waals surface area (Å²) in [5.74, 6) is 0.0575. The first-order valence-corrected chi connectivity index (χ1v) is 7.36. The predicted octanol–water partition coefficient (Wildman–Crippen LogP) is 2.17. The van der Waals surface area contributed by atoms with E-state index in [2.05, 4.69) is 10.1 Å². The van der Waals surface area contributed by atoms with Crippen molar-refractivity contribution in [3.05, 3.63) is 59.5 Å². The first kappa shape index (κ1) is 13.0. The zero-order valence-corrected chi connectivity index (χ0v) is 12.4. The number of hydrogen-bond donors (Lipinski definition) is 0. The first-order chi connectivity index (χ1) is 10.7. The van der Waals surface area contributed by atoms with E-state index in [1.807, 2.05) is 53.2 Å². The summed E-state index contributed by atoms with van der Waals surface area (Å²) in [6.45, 7) is 1.32. The number of aromatic nitrogens is 3. The predicted molar refractivity (Wildman–Crippen MR) is 83.4 cm³/mol. The standard InChI is InChI=1S/C17H16N4O/c1-20-10-14-6-8-21(11-16(14)19-20)17(22)13-4-5-15-12(9-13)3-2-7-18-15/h2-5,7,9-10H,6,8,11H2,1H3. The molecule has 0 fully saturated rings. The summed E-state index contributed by atoms with van der Waals surface area (Å²) < 4.78 is 1.82. The van der Waals surface area contributed by atoms with Gasteiger partial charge in [-0.3, -0.25) is 14.5 Å². The van der Waals surface area contributed by atoms with Crippen LogP contribution in [0.2, 0.25) is 0 Å². The fraction of sp³-hybridized carbons (Fsp3) is 0.235. The molecule has 0 unspecified atom stereocenters. The van der Waals surface area contributed by atoms with E-state index >= 15 is 0 Å². The second-order valence-electron chi connectivity index (χ2n) is 5.66. The summed E-state index contributed by atoms with van der Waals surface area (Å²) in [5, 5.41) is 5.43. The van der Waals surface area contributed by atoms with Gasteiger partial charge in [-0.25, -0.2) is 0 Å². The third-order valence-electron chi connectivity index (χ3n) is 4.12. The number of pyridine rings is 1. The smallest absolute Gasteiger partial charge is 0.254 e. The molecular weight excluding hydrogens is 276 g/mol. The molecule has 110 valence electrons. The fourth-order valence-corrected chi connectivity index (χ4v) is 3.01. The third-order valence-corrected chi connectivity index (χ3v) is 4.12. The van der Waals surface area contributed by atoms with Crippen LogP contribution in [0.4, 0.5) is 0 Å². The topological polar surface area (TPSA) is 51.0 Å². The molecule has 0 spiro atoms. The van der Waals surface area contributed by atoms with Crippen molar-refractivity contribution < 1.29 is 4.79 Å². The normalized spacial score (nSPS) is 14.1. The highest BCUT2D eigenvalue weighted by Crippen LogP contribution is 2.20. The fourth-order valence-electron chi connectivity index (χ4n) is 3.01. The van der Waals surface area contributed by atoms with Crippen molar-refractivity contribution in [1.29, 1.82) is 0 Å². The van der Waals surface area contributed by atoms with E-state index in [0.717, 1.165) is 29.6 Å². The number of carbonyl (C=O) groups excluding carboxylic acids is 1. The summed E-state index contributed by atoms with van der Waals surface area (Å²) in [6.07, 6.45) is 4.67. The van der Waals surface area contributed by atoms with E-state index in [-0.39, 0.29) is 5.91 Å². The second kappa shape index (κ2) is 4.94. The van der Waals surface area contributed by atoms with Crippen LogP contribution < -0.4 is 0 Å². The van der Waals surface area contributed by atoms with E-state index in [1.165, 1.54) is 5.56 Å². The molecule has 0 bridgehead atoms. The van der Waals surface area contributed by atoms with Crippen molar-refractivity contribution in [3.8, 4) is 0 Å². The Morgan fingerprint density at radius 1 is 1.27 bits per heavy atom. The zero-order valence-electron chi connectivity index (χ0n) is 12.4. The Morgan fingerprint density at radius 3 is 3.09 bits per heavy atom. The average molecular weight is 292 g/mol. The van der Waals surface area contributed by atoms with Crippen LogP contribution >= 0.6 is 0 Å². The lowest BCUT2D eigenvalue weighted by molar-refractivity contribution is 0.0732. The molecule has 3 aromatic rings. The zero-order chi connectivity index (χ0) is 15.1. The van der Waals surface area contributed by atoms with Gasteiger partial charge < -0.3 is 4.90 Å². The highest BCUT2D eigenvalue weighted by Gasteiger charge is 2.24. The third kappa shape index (κ3) is 2.15. The van der Waals surface area contributed by atoms with Crippen LogP contribution in [0, 0.1) is 0 Å². The maximum absolute atomic E-state index is 12.7. The molecule has 1 aliphatic heterocycles. The van der Waals surface area contributed by atoms with Gasteiger partial charge in [-0.2, -0.15) is 5.10 Å². The van der Waals surface area contributed by atoms with Crippen LogP contribution in [-0.4, -0.2) is 32.1 Å². The number of fused-ring (bicyclic) bond motifs is 2. The quantitative estimate of drug-likeness (QED) is 0.690.